The van der Waals surface area contributed by atoms with Gasteiger partial charge in [-0.3, -0.25) is 6.08 Å². The van der Waals surface area contributed by atoms with Crippen molar-refractivity contribution in [1.82, 2.24) is 0 Å². The molecule has 0 aliphatic rings. The molecule has 0 saturated carbocycles. The molecule has 0 radical (unpaired) electrons. The second-order valence-corrected chi connectivity index (χ2v) is 2.88. The number of rotatable bonds is 6. The summed E-state index contributed by atoms with van der Waals surface area (Å²) in [5.74, 6) is 0.849. The predicted molar refractivity (Wildman–Crippen MR) is 45.0 cm³/mol. The largest absolute Gasteiger partial charge is 1.00 e. The van der Waals surface area contributed by atoms with Gasteiger partial charge in [0, 0.05) is 7.11 Å². The number of ether oxygens (including phenoxy) is 2. The van der Waals surface area contributed by atoms with Crippen LogP contribution in [0.3, 0.4) is 0 Å². The van der Waals surface area contributed by atoms with Gasteiger partial charge in [0.2, 0.25) is 0 Å². The molecule has 0 heterocycles. The monoisotopic (exact) mass is 164 g/mol. The minimum absolute atomic E-state index is 0. The minimum Gasteiger partial charge on any atom is -0.518 e. The second kappa shape index (κ2) is 9.35. The van der Waals surface area contributed by atoms with Gasteiger partial charge in [-0.05, 0) is 11.8 Å². The summed E-state index contributed by atoms with van der Waals surface area (Å²) in [4.78, 5) is 0. The Kier molecular flexibility index (Phi) is 11.5. The standard InChI is InChI=1S/C9H17O2.Li/c1-5-9(8(2)3)6-11-7-10-4;/h1,5,8-9H,6-7H2,2-4H3;/q-1;+1. The van der Waals surface area contributed by atoms with Gasteiger partial charge >= 0.3 is 18.9 Å². The van der Waals surface area contributed by atoms with Crippen molar-refractivity contribution >= 4 is 0 Å². The minimum atomic E-state index is 0. The van der Waals surface area contributed by atoms with E-state index in [1.54, 1.807) is 13.2 Å². The van der Waals surface area contributed by atoms with Gasteiger partial charge in [0.05, 0.1) is 6.61 Å². The van der Waals surface area contributed by atoms with Crippen molar-refractivity contribution in [2.24, 2.45) is 11.8 Å². The molecule has 0 aromatic carbocycles. The summed E-state index contributed by atoms with van der Waals surface area (Å²) >= 11 is 0. The summed E-state index contributed by atoms with van der Waals surface area (Å²) in [6.45, 7) is 10.6. The van der Waals surface area contributed by atoms with Crippen molar-refractivity contribution in [3.05, 3.63) is 12.7 Å². The Hall–Kier alpha value is 0.257. The van der Waals surface area contributed by atoms with Crippen LogP contribution in [0.2, 0.25) is 0 Å². The maximum Gasteiger partial charge on any atom is 1.00 e. The van der Waals surface area contributed by atoms with Crippen molar-refractivity contribution in [3.8, 4) is 0 Å². The van der Waals surface area contributed by atoms with E-state index >= 15 is 0 Å². The van der Waals surface area contributed by atoms with Gasteiger partial charge < -0.3 is 16.1 Å². The zero-order chi connectivity index (χ0) is 8.69. The van der Waals surface area contributed by atoms with Crippen LogP contribution in [0, 0.1) is 18.4 Å². The predicted octanol–water partition coefficient (Wildman–Crippen LogP) is -1.13. The molecule has 0 bridgehead atoms. The third kappa shape index (κ3) is 6.94. The molecule has 0 aromatic heterocycles. The zero-order valence-corrected chi connectivity index (χ0v) is 8.54. The normalized spacial score (nSPS) is 12.3. The van der Waals surface area contributed by atoms with Crippen LogP contribution in [-0.4, -0.2) is 20.5 Å². The second-order valence-electron chi connectivity index (χ2n) is 2.88. The summed E-state index contributed by atoms with van der Waals surface area (Å²) in [6, 6.07) is 0. The van der Waals surface area contributed by atoms with Crippen molar-refractivity contribution in [1.29, 1.82) is 0 Å². The Labute approximate surface area is 87.5 Å². The van der Waals surface area contributed by atoms with Gasteiger partial charge in [-0.25, -0.2) is 0 Å². The molecule has 0 saturated heterocycles. The summed E-state index contributed by atoms with van der Waals surface area (Å²) < 4.78 is 9.90. The quantitative estimate of drug-likeness (QED) is 0.214. The van der Waals surface area contributed by atoms with E-state index in [1.165, 1.54) is 0 Å². The summed E-state index contributed by atoms with van der Waals surface area (Å²) in [6.07, 6.45) is 1.68. The van der Waals surface area contributed by atoms with Crippen molar-refractivity contribution in [2.75, 3.05) is 20.5 Å². The Morgan fingerprint density at radius 3 is 2.33 bits per heavy atom. The fourth-order valence-electron chi connectivity index (χ4n) is 0.738. The molecule has 0 spiro atoms. The molecule has 0 aliphatic carbocycles. The van der Waals surface area contributed by atoms with Gasteiger partial charge in [-0.1, -0.05) is 13.8 Å². The molecule has 0 aromatic rings. The first kappa shape index (κ1) is 14.8. The van der Waals surface area contributed by atoms with E-state index in [0.717, 1.165) is 0 Å². The molecule has 0 fully saturated rings. The van der Waals surface area contributed by atoms with Crippen LogP contribution in [0.5, 0.6) is 0 Å². The Morgan fingerprint density at radius 2 is 2.00 bits per heavy atom. The molecular formula is C9H17LiO2. The maximum atomic E-state index is 5.41. The van der Waals surface area contributed by atoms with Crippen molar-refractivity contribution < 1.29 is 28.3 Å². The first-order chi connectivity index (χ1) is 5.22. The van der Waals surface area contributed by atoms with E-state index in [-0.39, 0.29) is 18.9 Å². The van der Waals surface area contributed by atoms with E-state index < -0.39 is 0 Å². The first-order valence-electron chi connectivity index (χ1n) is 3.84. The Bertz CT molecular complexity index is 105. The number of hydrogen-bond acceptors (Lipinski definition) is 2. The zero-order valence-electron chi connectivity index (χ0n) is 8.54. The average Bonchev–Trinajstić information content (AvgIpc) is 1.97. The van der Waals surface area contributed by atoms with Crippen LogP contribution in [0.4, 0.5) is 0 Å². The van der Waals surface area contributed by atoms with Gasteiger partial charge in [-0.15, -0.1) is 0 Å². The molecule has 0 N–H and O–H groups in total. The summed E-state index contributed by atoms with van der Waals surface area (Å²) in [5, 5.41) is 0. The molecule has 3 heteroatoms. The first-order valence-corrected chi connectivity index (χ1v) is 3.84. The van der Waals surface area contributed by atoms with Gasteiger partial charge in [-0.2, -0.15) is 0 Å². The molecular weight excluding hydrogens is 147 g/mol. The summed E-state index contributed by atoms with van der Waals surface area (Å²) in [7, 11) is 1.61. The van der Waals surface area contributed by atoms with Gasteiger partial charge in [0.1, 0.15) is 6.79 Å². The van der Waals surface area contributed by atoms with E-state index in [1.807, 2.05) is 0 Å². The fourth-order valence-corrected chi connectivity index (χ4v) is 0.738. The molecule has 1 atom stereocenters. The summed E-state index contributed by atoms with van der Waals surface area (Å²) in [5.41, 5.74) is 0. The van der Waals surface area contributed by atoms with Crippen LogP contribution in [0.1, 0.15) is 13.8 Å². The van der Waals surface area contributed by atoms with Crippen molar-refractivity contribution in [3.63, 3.8) is 0 Å². The van der Waals surface area contributed by atoms with Crippen LogP contribution in [0.25, 0.3) is 0 Å². The molecule has 0 amide bonds. The van der Waals surface area contributed by atoms with Crippen LogP contribution >= 0.6 is 0 Å². The van der Waals surface area contributed by atoms with Crippen LogP contribution in [-0.2, 0) is 9.47 Å². The van der Waals surface area contributed by atoms with E-state index in [2.05, 4.69) is 13.8 Å². The topological polar surface area (TPSA) is 18.5 Å². The number of hydrogen-bond donors (Lipinski definition) is 0. The Morgan fingerprint density at radius 1 is 1.42 bits per heavy atom. The average molecular weight is 164 g/mol. The van der Waals surface area contributed by atoms with Crippen molar-refractivity contribution in [2.45, 2.75) is 13.8 Å². The molecule has 0 rings (SSSR count). The van der Waals surface area contributed by atoms with E-state index in [9.17, 15) is 0 Å². The fraction of sp³-hybridized carbons (Fsp3) is 0.778. The third-order valence-electron chi connectivity index (χ3n) is 1.61. The van der Waals surface area contributed by atoms with Crippen LogP contribution < -0.4 is 18.9 Å². The van der Waals surface area contributed by atoms with Gasteiger partial charge in [0.25, 0.3) is 0 Å². The van der Waals surface area contributed by atoms with Crippen LogP contribution in [0.15, 0.2) is 6.08 Å². The Balaban J connectivity index is 0. The van der Waals surface area contributed by atoms with Gasteiger partial charge in [0.15, 0.2) is 0 Å². The SMILES string of the molecule is [CH-]=CC(COCOC)C(C)C.[Li+]. The number of methoxy groups -OCH3 is 1. The maximum absolute atomic E-state index is 5.41. The smallest absolute Gasteiger partial charge is 0.518 e. The molecule has 12 heavy (non-hydrogen) atoms. The molecule has 66 valence electrons. The molecule has 2 nitrogen and oxygen atoms in total. The van der Waals surface area contributed by atoms with E-state index in [0.29, 0.717) is 25.2 Å². The van der Waals surface area contributed by atoms with E-state index in [4.69, 9.17) is 16.1 Å². The molecule has 0 aliphatic heterocycles. The molecule has 1 unspecified atom stereocenters. The third-order valence-corrected chi connectivity index (χ3v) is 1.61.